The molecule has 0 saturated heterocycles. The van der Waals surface area contributed by atoms with Crippen LogP contribution in [0.5, 0.6) is 0 Å². The normalized spacial score (nSPS) is 10.9. The Balaban J connectivity index is 1.88. The van der Waals surface area contributed by atoms with Crippen LogP contribution in [-0.2, 0) is 6.42 Å². The van der Waals surface area contributed by atoms with Crippen LogP contribution in [0, 0.1) is 0 Å². The fourth-order valence-corrected chi connectivity index (χ4v) is 2.25. The zero-order chi connectivity index (χ0) is 14.5. The minimum atomic E-state index is 0.714. The summed E-state index contributed by atoms with van der Waals surface area (Å²) < 4.78 is 0. The molecule has 0 aliphatic heterocycles. The van der Waals surface area contributed by atoms with Gasteiger partial charge in [0.15, 0.2) is 11.5 Å². The van der Waals surface area contributed by atoms with E-state index in [1.54, 1.807) is 6.33 Å². The second kappa shape index (κ2) is 6.35. The fourth-order valence-electron chi connectivity index (χ4n) is 2.25. The van der Waals surface area contributed by atoms with Crippen molar-refractivity contribution in [3.05, 3.63) is 48.0 Å². The first-order valence-electron chi connectivity index (χ1n) is 7.34. The molecule has 2 N–H and O–H groups in total. The summed E-state index contributed by atoms with van der Waals surface area (Å²) in [7, 11) is 0. The molecule has 2 heterocycles. The summed E-state index contributed by atoms with van der Waals surface area (Å²) in [5.41, 5.74) is 2.80. The van der Waals surface area contributed by atoms with E-state index >= 15 is 0 Å². The van der Waals surface area contributed by atoms with Crippen LogP contribution in [-0.4, -0.2) is 26.5 Å². The molecule has 0 aliphatic carbocycles. The molecule has 21 heavy (non-hydrogen) atoms. The summed E-state index contributed by atoms with van der Waals surface area (Å²) in [5, 5.41) is 3.38. The fraction of sp³-hybridized carbons (Fsp3) is 0.312. The van der Waals surface area contributed by atoms with Gasteiger partial charge >= 0.3 is 0 Å². The molecule has 108 valence electrons. The first-order valence-corrected chi connectivity index (χ1v) is 7.34. The minimum absolute atomic E-state index is 0.714. The predicted octanol–water partition coefficient (Wildman–Crippen LogP) is 3.16. The number of hydrogen-bond acceptors (Lipinski definition) is 4. The highest BCUT2D eigenvalue weighted by atomic mass is 15.1. The van der Waals surface area contributed by atoms with Gasteiger partial charge in [0.1, 0.15) is 11.3 Å². The molecule has 0 saturated carbocycles. The van der Waals surface area contributed by atoms with E-state index in [0.29, 0.717) is 6.42 Å². The summed E-state index contributed by atoms with van der Waals surface area (Å²) in [6.07, 6.45) is 4.65. The number of benzene rings is 1. The molecule has 0 aliphatic rings. The van der Waals surface area contributed by atoms with E-state index in [2.05, 4.69) is 44.3 Å². The van der Waals surface area contributed by atoms with Crippen LogP contribution in [0.3, 0.4) is 0 Å². The number of rotatable bonds is 6. The molecule has 5 nitrogen and oxygen atoms in total. The molecule has 0 spiro atoms. The van der Waals surface area contributed by atoms with Crippen LogP contribution in [0.2, 0.25) is 0 Å². The van der Waals surface area contributed by atoms with Gasteiger partial charge in [0, 0.05) is 13.0 Å². The molecule has 3 rings (SSSR count). The van der Waals surface area contributed by atoms with E-state index < -0.39 is 0 Å². The average molecular weight is 281 g/mol. The maximum Gasteiger partial charge on any atom is 0.183 e. The molecule has 2 aromatic heterocycles. The van der Waals surface area contributed by atoms with Gasteiger partial charge in [0.25, 0.3) is 0 Å². The van der Waals surface area contributed by atoms with Crippen molar-refractivity contribution < 1.29 is 0 Å². The lowest BCUT2D eigenvalue weighted by Crippen LogP contribution is -2.07. The van der Waals surface area contributed by atoms with Crippen molar-refractivity contribution in [2.24, 2.45) is 0 Å². The van der Waals surface area contributed by atoms with Gasteiger partial charge in [0.05, 0.1) is 6.33 Å². The van der Waals surface area contributed by atoms with Crippen LogP contribution >= 0.6 is 0 Å². The summed E-state index contributed by atoms with van der Waals surface area (Å²) >= 11 is 0. The Bertz CT molecular complexity index is 705. The largest absolute Gasteiger partial charge is 0.368 e. The smallest absolute Gasteiger partial charge is 0.183 e. The average Bonchev–Trinajstić information content (AvgIpc) is 2.97. The van der Waals surface area contributed by atoms with Gasteiger partial charge in [-0.3, -0.25) is 0 Å². The molecule has 0 amide bonds. The van der Waals surface area contributed by atoms with Crippen molar-refractivity contribution in [3.63, 3.8) is 0 Å². The van der Waals surface area contributed by atoms with Crippen LogP contribution in [0.25, 0.3) is 11.2 Å². The first-order chi connectivity index (χ1) is 10.4. The van der Waals surface area contributed by atoms with Gasteiger partial charge in [-0.2, -0.15) is 0 Å². The maximum absolute atomic E-state index is 4.65. The van der Waals surface area contributed by atoms with Crippen LogP contribution in [0.1, 0.15) is 31.2 Å². The number of anilines is 1. The predicted molar refractivity (Wildman–Crippen MR) is 84.3 cm³/mol. The Morgan fingerprint density at radius 3 is 2.81 bits per heavy atom. The SMILES string of the molecule is CCCCNc1nc(Cc2ccccc2)nc2nc[nH]c12. The van der Waals surface area contributed by atoms with Gasteiger partial charge < -0.3 is 10.3 Å². The number of H-pyrrole nitrogens is 1. The number of hydrogen-bond donors (Lipinski definition) is 2. The number of unbranched alkanes of at least 4 members (excludes halogenated alkanes) is 1. The molecule has 1 aromatic carbocycles. The Labute approximate surface area is 123 Å². The highest BCUT2D eigenvalue weighted by molar-refractivity contribution is 5.82. The van der Waals surface area contributed by atoms with Crippen molar-refractivity contribution in [1.29, 1.82) is 0 Å². The number of aromatic nitrogens is 4. The highest BCUT2D eigenvalue weighted by Gasteiger charge is 2.10. The summed E-state index contributed by atoms with van der Waals surface area (Å²) in [4.78, 5) is 16.5. The van der Waals surface area contributed by atoms with Crippen molar-refractivity contribution in [2.75, 3.05) is 11.9 Å². The van der Waals surface area contributed by atoms with Crippen molar-refractivity contribution >= 4 is 17.0 Å². The number of nitrogens with one attached hydrogen (secondary N) is 2. The number of imidazole rings is 1. The van der Waals surface area contributed by atoms with Gasteiger partial charge in [-0.15, -0.1) is 0 Å². The third-order valence-electron chi connectivity index (χ3n) is 3.36. The quantitative estimate of drug-likeness (QED) is 0.681. The molecule has 0 unspecified atom stereocenters. The van der Waals surface area contributed by atoms with E-state index in [1.165, 1.54) is 5.56 Å². The molecule has 0 atom stereocenters. The van der Waals surface area contributed by atoms with E-state index in [0.717, 1.165) is 42.2 Å². The van der Waals surface area contributed by atoms with E-state index in [1.807, 2.05) is 18.2 Å². The number of nitrogens with zero attached hydrogens (tertiary/aromatic N) is 3. The summed E-state index contributed by atoms with van der Waals surface area (Å²) in [6.45, 7) is 3.08. The standard InChI is InChI=1S/C16H19N5/c1-2-3-9-17-15-14-16(19-11-18-14)21-13(20-15)10-12-7-5-4-6-8-12/h4-8,11H,2-3,9-10H2,1H3,(H2,17,18,19,20,21). The molecule has 3 aromatic rings. The van der Waals surface area contributed by atoms with Gasteiger partial charge in [-0.1, -0.05) is 43.7 Å². The maximum atomic E-state index is 4.65. The lowest BCUT2D eigenvalue weighted by molar-refractivity contribution is 0.829. The Morgan fingerprint density at radius 2 is 2.00 bits per heavy atom. The van der Waals surface area contributed by atoms with E-state index in [4.69, 9.17) is 0 Å². The highest BCUT2D eigenvalue weighted by Crippen LogP contribution is 2.18. The van der Waals surface area contributed by atoms with E-state index in [-0.39, 0.29) is 0 Å². The van der Waals surface area contributed by atoms with Crippen molar-refractivity contribution in [3.8, 4) is 0 Å². The molecular weight excluding hydrogens is 262 g/mol. The molecule has 5 heteroatoms. The Kier molecular flexibility index (Phi) is 4.09. The Morgan fingerprint density at radius 1 is 1.14 bits per heavy atom. The zero-order valence-electron chi connectivity index (χ0n) is 12.1. The van der Waals surface area contributed by atoms with Crippen molar-refractivity contribution in [1.82, 2.24) is 19.9 Å². The zero-order valence-corrected chi connectivity index (χ0v) is 12.1. The molecule has 0 radical (unpaired) electrons. The third-order valence-corrected chi connectivity index (χ3v) is 3.36. The van der Waals surface area contributed by atoms with Crippen LogP contribution in [0.15, 0.2) is 36.7 Å². The summed E-state index contributed by atoms with van der Waals surface area (Å²) in [5.74, 6) is 1.64. The second-order valence-corrected chi connectivity index (χ2v) is 5.03. The van der Waals surface area contributed by atoms with Crippen LogP contribution < -0.4 is 5.32 Å². The van der Waals surface area contributed by atoms with Crippen molar-refractivity contribution in [2.45, 2.75) is 26.2 Å². The topological polar surface area (TPSA) is 66.5 Å². The molecular formula is C16H19N5. The Hall–Kier alpha value is -2.43. The number of fused-ring (bicyclic) bond motifs is 1. The van der Waals surface area contributed by atoms with Gasteiger partial charge in [0.2, 0.25) is 0 Å². The lowest BCUT2D eigenvalue weighted by Gasteiger charge is -2.08. The van der Waals surface area contributed by atoms with Crippen LogP contribution in [0.4, 0.5) is 5.82 Å². The number of aromatic amines is 1. The first kappa shape index (κ1) is 13.5. The van der Waals surface area contributed by atoms with Gasteiger partial charge in [-0.25, -0.2) is 15.0 Å². The minimum Gasteiger partial charge on any atom is -0.368 e. The monoisotopic (exact) mass is 281 g/mol. The van der Waals surface area contributed by atoms with Gasteiger partial charge in [-0.05, 0) is 12.0 Å². The summed E-state index contributed by atoms with van der Waals surface area (Å²) in [6, 6.07) is 10.2. The molecule has 0 bridgehead atoms. The second-order valence-electron chi connectivity index (χ2n) is 5.03. The molecule has 0 fully saturated rings. The lowest BCUT2D eigenvalue weighted by atomic mass is 10.1. The third kappa shape index (κ3) is 3.18. The van der Waals surface area contributed by atoms with E-state index in [9.17, 15) is 0 Å².